The van der Waals surface area contributed by atoms with Gasteiger partial charge in [0.2, 0.25) is 0 Å². The van der Waals surface area contributed by atoms with Crippen LogP contribution in [0.15, 0.2) is 61.1 Å². The van der Waals surface area contributed by atoms with Gasteiger partial charge in [0, 0.05) is 41.9 Å². The van der Waals surface area contributed by atoms with Gasteiger partial charge in [-0.2, -0.15) is 0 Å². The zero-order valence-electron chi connectivity index (χ0n) is 15.7. The molecule has 0 bridgehead atoms. The highest BCUT2D eigenvalue weighted by molar-refractivity contribution is 6.30. The molecule has 4 rings (SSSR count). The molecule has 4 nitrogen and oxygen atoms in total. The van der Waals surface area contributed by atoms with Crippen molar-refractivity contribution in [2.75, 3.05) is 0 Å². The molecule has 1 aromatic carbocycles. The molecule has 0 amide bonds. The molecule has 0 spiro atoms. The number of nitrogens with zero attached hydrogens (tertiary/aromatic N) is 3. The highest BCUT2D eigenvalue weighted by atomic mass is 35.5. The first-order valence-electron chi connectivity index (χ1n) is 8.84. The van der Waals surface area contributed by atoms with E-state index in [9.17, 15) is 0 Å². The van der Waals surface area contributed by atoms with E-state index in [1.54, 1.807) is 0 Å². The molecule has 0 saturated carbocycles. The molecule has 4 aromatic rings. The van der Waals surface area contributed by atoms with Crippen molar-refractivity contribution in [2.24, 2.45) is 0 Å². The maximum absolute atomic E-state index is 6.18. The highest BCUT2D eigenvalue weighted by Gasteiger charge is 2.16. The molecule has 0 aliphatic heterocycles. The number of benzene rings is 1. The van der Waals surface area contributed by atoms with Gasteiger partial charge in [0.15, 0.2) is 0 Å². The summed E-state index contributed by atoms with van der Waals surface area (Å²) in [7, 11) is 0. The van der Waals surface area contributed by atoms with Gasteiger partial charge >= 0.3 is 0 Å². The van der Waals surface area contributed by atoms with Crippen LogP contribution in [0.25, 0.3) is 11.0 Å². The number of pyridine rings is 2. The Hall–Kier alpha value is -2.56. The van der Waals surface area contributed by atoms with E-state index in [2.05, 4.69) is 28.4 Å². The van der Waals surface area contributed by atoms with Crippen molar-refractivity contribution in [1.82, 2.24) is 14.5 Å². The monoisotopic (exact) mass is 413 g/mol. The van der Waals surface area contributed by atoms with Crippen molar-refractivity contribution in [3.8, 4) is 5.75 Å². The van der Waals surface area contributed by atoms with Crippen LogP contribution in [0.3, 0.4) is 0 Å². The zero-order chi connectivity index (χ0) is 18.8. The Kier molecular flexibility index (Phi) is 6.22. The second-order valence-electron chi connectivity index (χ2n) is 6.57. The number of aromatic nitrogens is 3. The first-order valence-corrected chi connectivity index (χ1v) is 9.22. The van der Waals surface area contributed by atoms with E-state index >= 15 is 0 Å². The molecular weight excluding hydrogens is 393 g/mol. The van der Waals surface area contributed by atoms with Crippen LogP contribution in [0.1, 0.15) is 22.4 Å². The fourth-order valence-corrected chi connectivity index (χ4v) is 3.37. The third kappa shape index (κ3) is 3.98. The van der Waals surface area contributed by atoms with Crippen LogP contribution >= 0.6 is 24.0 Å². The predicted octanol–water partition coefficient (Wildman–Crippen LogP) is 5.75. The van der Waals surface area contributed by atoms with E-state index in [4.69, 9.17) is 16.3 Å². The van der Waals surface area contributed by atoms with Crippen LogP contribution in [-0.2, 0) is 13.2 Å². The molecule has 0 radical (unpaired) electrons. The van der Waals surface area contributed by atoms with Gasteiger partial charge in [-0.05, 0) is 54.8 Å². The van der Waals surface area contributed by atoms with Crippen molar-refractivity contribution in [3.63, 3.8) is 0 Å². The number of hydrogen-bond acceptors (Lipinski definition) is 3. The molecule has 144 valence electrons. The number of aryl methyl sites for hydroxylation is 1. The predicted molar refractivity (Wildman–Crippen MR) is 116 cm³/mol. The lowest BCUT2D eigenvalue weighted by molar-refractivity contribution is 0.308. The van der Waals surface area contributed by atoms with Gasteiger partial charge in [0.1, 0.15) is 17.9 Å². The average molecular weight is 414 g/mol. The van der Waals surface area contributed by atoms with Crippen LogP contribution in [-0.4, -0.2) is 14.5 Å². The summed E-state index contributed by atoms with van der Waals surface area (Å²) in [4.78, 5) is 8.71. The number of rotatable bonds is 5. The van der Waals surface area contributed by atoms with E-state index in [0.717, 1.165) is 33.9 Å². The van der Waals surface area contributed by atoms with Gasteiger partial charge in [-0.15, -0.1) is 12.4 Å². The summed E-state index contributed by atoms with van der Waals surface area (Å²) in [5.74, 6) is 0.834. The Morgan fingerprint density at radius 3 is 2.36 bits per heavy atom. The number of hydrogen-bond donors (Lipinski definition) is 0. The van der Waals surface area contributed by atoms with Crippen molar-refractivity contribution in [1.29, 1.82) is 0 Å². The number of ether oxygens (including phenoxy) is 1. The van der Waals surface area contributed by atoms with Gasteiger partial charge in [-0.25, -0.2) is 0 Å². The van der Waals surface area contributed by atoms with Crippen LogP contribution in [0.5, 0.6) is 5.75 Å². The minimum atomic E-state index is 0. The zero-order valence-corrected chi connectivity index (χ0v) is 17.3. The summed E-state index contributed by atoms with van der Waals surface area (Å²) in [6.07, 6.45) is 5.45. The lowest BCUT2D eigenvalue weighted by Gasteiger charge is -2.13. The van der Waals surface area contributed by atoms with Crippen molar-refractivity contribution >= 4 is 35.0 Å². The molecule has 0 atom stereocenters. The Balaban J connectivity index is 0.00000225. The first kappa shape index (κ1) is 20.2. The van der Waals surface area contributed by atoms with Crippen molar-refractivity contribution < 1.29 is 4.74 Å². The summed E-state index contributed by atoms with van der Waals surface area (Å²) in [5.41, 5.74) is 6.64. The third-order valence-electron chi connectivity index (χ3n) is 4.86. The smallest absolute Gasteiger partial charge is 0.147 e. The van der Waals surface area contributed by atoms with Crippen LogP contribution in [0.2, 0.25) is 5.02 Å². The second-order valence-corrected chi connectivity index (χ2v) is 7.01. The molecule has 0 unspecified atom stereocenters. The fourth-order valence-electron chi connectivity index (χ4n) is 3.24. The highest BCUT2D eigenvalue weighted by Crippen LogP contribution is 2.32. The Labute approximate surface area is 175 Å². The summed E-state index contributed by atoms with van der Waals surface area (Å²) in [6, 6.07) is 13.7. The average Bonchev–Trinajstić information content (AvgIpc) is 2.94. The summed E-state index contributed by atoms with van der Waals surface area (Å²) < 4.78 is 8.44. The van der Waals surface area contributed by atoms with Gasteiger partial charge in [-0.1, -0.05) is 23.7 Å². The Morgan fingerprint density at radius 2 is 1.64 bits per heavy atom. The topological polar surface area (TPSA) is 39.9 Å². The molecule has 0 fully saturated rings. The number of halogens is 2. The molecule has 6 heteroatoms. The summed E-state index contributed by atoms with van der Waals surface area (Å²) >= 11 is 5.97. The van der Waals surface area contributed by atoms with Gasteiger partial charge in [0.05, 0.1) is 5.52 Å². The Morgan fingerprint density at radius 1 is 0.929 bits per heavy atom. The van der Waals surface area contributed by atoms with E-state index in [0.29, 0.717) is 6.61 Å². The molecule has 0 N–H and O–H groups in total. The van der Waals surface area contributed by atoms with E-state index < -0.39 is 0 Å². The van der Waals surface area contributed by atoms with Crippen LogP contribution in [0, 0.1) is 13.8 Å². The maximum atomic E-state index is 6.18. The molecule has 3 heterocycles. The minimum absolute atomic E-state index is 0. The Bertz CT molecular complexity index is 1080. The lowest BCUT2D eigenvalue weighted by Crippen LogP contribution is -2.04. The number of fused-ring (bicyclic) bond motifs is 1. The van der Waals surface area contributed by atoms with Gasteiger partial charge in [0.25, 0.3) is 0 Å². The molecule has 3 aromatic heterocycles. The standard InChI is InChI=1S/C22H20ClN3O.ClH/c1-15-16(2)26(13-17-7-10-24-11-8-17)22-20(9-12-25-21(15)22)27-14-18-3-5-19(23)6-4-18;/h3-12H,13-14H2,1-2H3;1H. The van der Waals surface area contributed by atoms with Gasteiger partial charge < -0.3 is 9.30 Å². The van der Waals surface area contributed by atoms with Gasteiger partial charge in [-0.3, -0.25) is 9.97 Å². The molecule has 0 saturated heterocycles. The SMILES string of the molecule is Cc1c(C)n(Cc2ccncc2)c2c(OCc3ccc(Cl)cc3)ccnc12.Cl. The molecule has 0 aliphatic rings. The van der Waals surface area contributed by atoms with Crippen LogP contribution in [0.4, 0.5) is 0 Å². The van der Waals surface area contributed by atoms with E-state index in [-0.39, 0.29) is 12.4 Å². The minimum Gasteiger partial charge on any atom is -0.487 e. The van der Waals surface area contributed by atoms with Crippen LogP contribution < -0.4 is 4.74 Å². The molecule has 28 heavy (non-hydrogen) atoms. The largest absolute Gasteiger partial charge is 0.487 e. The van der Waals surface area contributed by atoms with Crippen molar-refractivity contribution in [3.05, 3.63) is 88.5 Å². The lowest BCUT2D eigenvalue weighted by atomic mass is 10.2. The summed E-state index contributed by atoms with van der Waals surface area (Å²) in [5, 5.41) is 0.725. The van der Waals surface area contributed by atoms with Crippen molar-refractivity contribution in [2.45, 2.75) is 27.0 Å². The summed E-state index contributed by atoms with van der Waals surface area (Å²) in [6.45, 7) is 5.47. The third-order valence-corrected chi connectivity index (χ3v) is 5.11. The molecule has 0 aliphatic carbocycles. The fraction of sp³-hybridized carbons (Fsp3) is 0.182. The van der Waals surface area contributed by atoms with E-state index in [1.165, 1.54) is 16.8 Å². The normalized spacial score (nSPS) is 10.7. The second kappa shape index (κ2) is 8.63. The maximum Gasteiger partial charge on any atom is 0.147 e. The molecular formula is C22H21Cl2N3O. The van der Waals surface area contributed by atoms with E-state index in [1.807, 2.05) is 61.1 Å². The first-order chi connectivity index (χ1) is 13.1. The quantitative estimate of drug-likeness (QED) is 0.418.